The molecule has 0 saturated carbocycles. The number of amides is 1. The molecule has 7 heteroatoms. The molecule has 2 aromatic rings. The fourth-order valence-electron chi connectivity index (χ4n) is 3.18. The molecule has 148 valence electrons. The molecule has 0 unspecified atom stereocenters. The number of hydrogen-bond acceptors (Lipinski definition) is 5. The first-order chi connectivity index (χ1) is 13.6. The summed E-state index contributed by atoms with van der Waals surface area (Å²) in [7, 11) is 3.22. The number of carbonyl (C=O) groups is 1. The van der Waals surface area contributed by atoms with Crippen LogP contribution >= 0.6 is 22.6 Å². The summed E-state index contributed by atoms with van der Waals surface area (Å²) in [6, 6.07) is 11.3. The van der Waals surface area contributed by atoms with Gasteiger partial charge in [-0.1, -0.05) is 0 Å². The third-order valence-electron chi connectivity index (χ3n) is 4.72. The minimum atomic E-state index is -0.296. The number of hydrogen-bond donors (Lipinski definition) is 1. The van der Waals surface area contributed by atoms with Gasteiger partial charge in [0.05, 0.1) is 24.0 Å². The number of piperidine rings is 1. The van der Waals surface area contributed by atoms with E-state index in [9.17, 15) is 4.79 Å². The Bertz CT molecular complexity index is 864. The van der Waals surface area contributed by atoms with Crippen molar-refractivity contribution in [2.45, 2.75) is 19.3 Å². The maximum atomic E-state index is 12.3. The van der Waals surface area contributed by atoms with E-state index in [1.54, 1.807) is 32.6 Å². The zero-order valence-electron chi connectivity index (χ0n) is 16.1. The first-order valence-corrected chi connectivity index (χ1v) is 10.3. The monoisotopic (exact) mass is 493 g/mol. The minimum Gasteiger partial charge on any atom is -0.496 e. The summed E-state index contributed by atoms with van der Waals surface area (Å²) in [6.07, 6.45) is 5.34. The molecule has 1 fully saturated rings. The lowest BCUT2D eigenvalue weighted by Gasteiger charge is -2.29. The molecule has 1 N–H and O–H groups in total. The summed E-state index contributed by atoms with van der Waals surface area (Å²) < 4.78 is 11.7. The van der Waals surface area contributed by atoms with Crippen LogP contribution in [-0.2, 0) is 0 Å². The van der Waals surface area contributed by atoms with Gasteiger partial charge in [0.1, 0.15) is 11.5 Å². The van der Waals surface area contributed by atoms with Gasteiger partial charge in [-0.2, -0.15) is 5.10 Å². The van der Waals surface area contributed by atoms with Crippen molar-refractivity contribution in [3.05, 3.63) is 51.1 Å². The van der Waals surface area contributed by atoms with Crippen LogP contribution in [0.3, 0.4) is 0 Å². The molecular formula is C21H24IN3O3. The maximum Gasteiger partial charge on any atom is 0.271 e. The van der Waals surface area contributed by atoms with E-state index in [-0.39, 0.29) is 5.91 Å². The Hall–Kier alpha value is -2.29. The lowest BCUT2D eigenvalue weighted by molar-refractivity contribution is 0.0954. The van der Waals surface area contributed by atoms with Crippen LogP contribution in [0.15, 0.2) is 41.5 Å². The highest BCUT2D eigenvalue weighted by Gasteiger charge is 2.13. The second-order valence-electron chi connectivity index (χ2n) is 6.52. The van der Waals surface area contributed by atoms with Gasteiger partial charge in [0.2, 0.25) is 0 Å². The number of benzene rings is 2. The highest BCUT2D eigenvalue weighted by atomic mass is 127. The highest BCUT2D eigenvalue weighted by molar-refractivity contribution is 14.1. The first kappa shape index (κ1) is 20.4. The van der Waals surface area contributed by atoms with Gasteiger partial charge in [0.15, 0.2) is 0 Å². The largest absolute Gasteiger partial charge is 0.496 e. The van der Waals surface area contributed by atoms with E-state index in [0.29, 0.717) is 11.3 Å². The Labute approximate surface area is 179 Å². The van der Waals surface area contributed by atoms with Gasteiger partial charge in [-0.05, 0) is 72.2 Å². The number of hydrazone groups is 1. The molecule has 1 amide bonds. The molecule has 2 aromatic carbocycles. The van der Waals surface area contributed by atoms with Crippen LogP contribution in [0.2, 0.25) is 0 Å². The third-order valence-corrected chi connectivity index (χ3v) is 5.61. The van der Waals surface area contributed by atoms with Gasteiger partial charge in [-0.15, -0.1) is 0 Å². The summed E-state index contributed by atoms with van der Waals surface area (Å²) in [6.45, 7) is 2.15. The van der Waals surface area contributed by atoms with Crippen LogP contribution in [0.1, 0.15) is 35.2 Å². The second-order valence-corrected chi connectivity index (χ2v) is 7.68. The Balaban J connectivity index is 1.68. The minimum absolute atomic E-state index is 0.296. The van der Waals surface area contributed by atoms with E-state index in [1.165, 1.54) is 19.3 Å². The Morgan fingerprint density at radius 2 is 1.82 bits per heavy atom. The van der Waals surface area contributed by atoms with Gasteiger partial charge in [0.25, 0.3) is 5.91 Å². The van der Waals surface area contributed by atoms with E-state index < -0.39 is 0 Å². The smallest absolute Gasteiger partial charge is 0.271 e. The zero-order chi connectivity index (χ0) is 19.9. The van der Waals surface area contributed by atoms with Crippen molar-refractivity contribution in [1.82, 2.24) is 5.43 Å². The molecule has 1 aliphatic heterocycles. The average Bonchev–Trinajstić information content (AvgIpc) is 2.74. The molecular weight excluding hydrogens is 469 g/mol. The summed E-state index contributed by atoms with van der Waals surface area (Å²) in [5.74, 6) is 1.10. The summed E-state index contributed by atoms with van der Waals surface area (Å²) >= 11 is 2.16. The van der Waals surface area contributed by atoms with Crippen LogP contribution in [0.25, 0.3) is 0 Å². The molecule has 0 atom stereocenters. The van der Waals surface area contributed by atoms with E-state index in [2.05, 4.69) is 44.1 Å². The van der Waals surface area contributed by atoms with Crippen LogP contribution in [0, 0.1) is 3.57 Å². The van der Waals surface area contributed by atoms with Gasteiger partial charge in [-0.25, -0.2) is 5.43 Å². The second kappa shape index (κ2) is 9.77. The number of nitrogens with one attached hydrogen (secondary N) is 1. The molecule has 1 heterocycles. The summed E-state index contributed by atoms with van der Waals surface area (Å²) in [5, 5.41) is 4.09. The first-order valence-electron chi connectivity index (χ1n) is 9.22. The molecule has 6 nitrogen and oxygen atoms in total. The van der Waals surface area contributed by atoms with Crippen molar-refractivity contribution in [2.24, 2.45) is 5.10 Å². The molecule has 1 saturated heterocycles. The van der Waals surface area contributed by atoms with E-state index in [0.717, 1.165) is 33.7 Å². The number of methoxy groups -OCH3 is 2. The predicted molar refractivity (Wildman–Crippen MR) is 120 cm³/mol. The fourth-order valence-corrected chi connectivity index (χ4v) is 3.74. The van der Waals surface area contributed by atoms with Gasteiger partial charge in [0, 0.05) is 36.0 Å². The Kier molecular flexibility index (Phi) is 7.13. The van der Waals surface area contributed by atoms with Crippen molar-refractivity contribution in [1.29, 1.82) is 0 Å². The fraction of sp³-hybridized carbons (Fsp3) is 0.333. The predicted octanol–water partition coefficient (Wildman–Crippen LogP) is 4.06. The Morgan fingerprint density at radius 3 is 2.54 bits per heavy atom. The molecule has 1 aliphatic rings. The van der Waals surface area contributed by atoms with Crippen LogP contribution < -0.4 is 19.8 Å². The average molecular weight is 493 g/mol. The lowest BCUT2D eigenvalue weighted by Crippen LogP contribution is -2.29. The van der Waals surface area contributed by atoms with Crippen molar-refractivity contribution in [3.63, 3.8) is 0 Å². The standard InChI is InChI=1S/C21H24IN3O3/c1-27-19-13-17(25-10-4-3-5-11-25)8-6-16(19)14-23-24-21(26)15-7-9-18(22)20(12-15)28-2/h6-9,12-14H,3-5,10-11H2,1-2H3,(H,24,26)/b23-14+. The third kappa shape index (κ3) is 4.95. The highest BCUT2D eigenvalue weighted by Crippen LogP contribution is 2.27. The van der Waals surface area contributed by atoms with Crippen LogP contribution in [0.4, 0.5) is 5.69 Å². The molecule has 3 rings (SSSR count). The molecule has 0 radical (unpaired) electrons. The molecule has 0 spiro atoms. The number of anilines is 1. The van der Waals surface area contributed by atoms with Crippen molar-refractivity contribution in [3.8, 4) is 11.5 Å². The zero-order valence-corrected chi connectivity index (χ0v) is 18.2. The number of ether oxygens (including phenoxy) is 2. The SMILES string of the molecule is COc1cc(C(=O)N/N=C/c2ccc(N3CCCCC3)cc2OC)ccc1I. The summed E-state index contributed by atoms with van der Waals surface area (Å²) in [5.41, 5.74) is 5.01. The lowest BCUT2D eigenvalue weighted by atomic mass is 10.1. The Morgan fingerprint density at radius 1 is 1.07 bits per heavy atom. The quantitative estimate of drug-likeness (QED) is 0.375. The normalized spacial score (nSPS) is 14.2. The maximum absolute atomic E-state index is 12.3. The number of rotatable bonds is 6. The number of nitrogens with zero attached hydrogens (tertiary/aromatic N) is 2. The number of halogens is 1. The van der Waals surface area contributed by atoms with E-state index in [4.69, 9.17) is 9.47 Å². The van der Waals surface area contributed by atoms with Gasteiger partial charge >= 0.3 is 0 Å². The van der Waals surface area contributed by atoms with E-state index in [1.807, 2.05) is 18.2 Å². The van der Waals surface area contributed by atoms with Crippen molar-refractivity contribution < 1.29 is 14.3 Å². The van der Waals surface area contributed by atoms with E-state index >= 15 is 0 Å². The number of carbonyl (C=O) groups excluding carboxylic acids is 1. The van der Waals surface area contributed by atoms with Gasteiger partial charge in [-0.3, -0.25) is 4.79 Å². The molecule has 0 aromatic heterocycles. The van der Waals surface area contributed by atoms with Gasteiger partial charge < -0.3 is 14.4 Å². The molecule has 0 aliphatic carbocycles. The van der Waals surface area contributed by atoms with Crippen molar-refractivity contribution in [2.75, 3.05) is 32.2 Å². The van der Waals surface area contributed by atoms with Crippen molar-refractivity contribution >= 4 is 40.4 Å². The topological polar surface area (TPSA) is 63.2 Å². The summed E-state index contributed by atoms with van der Waals surface area (Å²) in [4.78, 5) is 14.7. The van der Waals surface area contributed by atoms with Crippen LogP contribution in [0.5, 0.6) is 11.5 Å². The molecule has 28 heavy (non-hydrogen) atoms. The molecule has 0 bridgehead atoms. The van der Waals surface area contributed by atoms with Crippen LogP contribution in [-0.4, -0.2) is 39.4 Å².